The molecule has 68 heavy (non-hydrogen) atoms. The standard InChI is InChI=1S/C58H111N2O7P/c1-7-10-13-16-19-22-25-27-28-29-30-31-32-33-36-39-42-45-48-51-58(62)67-56(49-46-43-40-37-35-26-23-20-17-14-11-8-2)55(54-66-68(63,64)65-53-52-60(4,5)6)59-57(61)50-47-44-41-38-34-24-21-18-15-12-9-3/h18,21,27-28,46,49,55-56H,7-17,19-20,22-26,29-45,47-48,50-54H2,1-6H3,(H-,59,61,63,64)/p+1/b21-18-,28-27+,49-46-. The fraction of sp³-hybridized carbons (Fsp3) is 0.862. The third kappa shape index (κ3) is 49.2. The largest absolute Gasteiger partial charge is 0.472 e. The van der Waals surface area contributed by atoms with Crippen molar-refractivity contribution in [3.63, 3.8) is 0 Å². The molecule has 0 saturated carbocycles. The molecule has 0 saturated heterocycles. The van der Waals surface area contributed by atoms with Crippen LogP contribution in [0.4, 0.5) is 0 Å². The van der Waals surface area contributed by atoms with E-state index in [4.69, 9.17) is 13.8 Å². The summed E-state index contributed by atoms with van der Waals surface area (Å²) in [5.74, 6) is -0.513. The lowest BCUT2D eigenvalue weighted by atomic mass is 10.0. The molecule has 2 N–H and O–H groups in total. The Morgan fingerprint density at radius 2 is 0.868 bits per heavy atom. The number of likely N-dealkylation sites (N-methyl/N-ethyl adjacent to an activating group) is 1. The minimum atomic E-state index is -4.44. The summed E-state index contributed by atoms with van der Waals surface area (Å²) < 4.78 is 30.6. The first-order valence-electron chi connectivity index (χ1n) is 28.8. The molecule has 10 heteroatoms. The highest BCUT2D eigenvalue weighted by Crippen LogP contribution is 2.43. The molecule has 0 bridgehead atoms. The van der Waals surface area contributed by atoms with Gasteiger partial charge < -0.3 is 19.4 Å². The van der Waals surface area contributed by atoms with Crippen LogP contribution in [0.25, 0.3) is 0 Å². The third-order valence-electron chi connectivity index (χ3n) is 12.8. The maximum absolute atomic E-state index is 13.4. The maximum atomic E-state index is 13.4. The van der Waals surface area contributed by atoms with Gasteiger partial charge in [-0.25, -0.2) is 4.57 Å². The number of amides is 1. The Morgan fingerprint density at radius 3 is 1.29 bits per heavy atom. The summed E-state index contributed by atoms with van der Waals surface area (Å²) in [7, 11) is 1.49. The highest BCUT2D eigenvalue weighted by molar-refractivity contribution is 7.47. The number of phosphoric ester groups is 1. The predicted molar refractivity (Wildman–Crippen MR) is 291 cm³/mol. The van der Waals surface area contributed by atoms with Crippen molar-refractivity contribution < 1.29 is 37.3 Å². The van der Waals surface area contributed by atoms with Crippen LogP contribution in [0.3, 0.4) is 0 Å². The van der Waals surface area contributed by atoms with E-state index in [9.17, 15) is 19.0 Å². The summed E-state index contributed by atoms with van der Waals surface area (Å²) in [6.45, 7) is 6.97. The van der Waals surface area contributed by atoms with E-state index in [1.165, 1.54) is 154 Å². The van der Waals surface area contributed by atoms with Crippen LogP contribution in [0.15, 0.2) is 36.5 Å². The van der Waals surface area contributed by atoms with Crippen molar-refractivity contribution in [3.8, 4) is 0 Å². The first kappa shape index (κ1) is 66.2. The van der Waals surface area contributed by atoms with Crippen LogP contribution >= 0.6 is 7.82 Å². The molecule has 0 radical (unpaired) electrons. The second kappa shape index (κ2) is 48.8. The van der Waals surface area contributed by atoms with E-state index in [2.05, 4.69) is 50.4 Å². The van der Waals surface area contributed by atoms with Crippen LogP contribution in [0.5, 0.6) is 0 Å². The molecule has 0 aromatic heterocycles. The van der Waals surface area contributed by atoms with Crippen LogP contribution in [0.2, 0.25) is 0 Å². The molecule has 0 aliphatic heterocycles. The lowest BCUT2D eigenvalue weighted by molar-refractivity contribution is -0.870. The smallest absolute Gasteiger partial charge is 0.456 e. The molecule has 0 fully saturated rings. The molecule has 9 nitrogen and oxygen atoms in total. The Hall–Kier alpha value is -1.77. The van der Waals surface area contributed by atoms with Crippen molar-refractivity contribution in [3.05, 3.63) is 36.5 Å². The highest BCUT2D eigenvalue weighted by atomic mass is 31.2. The van der Waals surface area contributed by atoms with E-state index in [0.29, 0.717) is 17.4 Å². The Balaban J connectivity index is 5.27. The first-order chi connectivity index (χ1) is 32.9. The van der Waals surface area contributed by atoms with E-state index < -0.39 is 20.0 Å². The van der Waals surface area contributed by atoms with Gasteiger partial charge in [0.05, 0.1) is 33.8 Å². The second-order valence-corrected chi connectivity index (χ2v) is 22.3. The Bertz CT molecular complexity index is 1270. The molecule has 400 valence electrons. The minimum absolute atomic E-state index is 0.0396. The number of nitrogens with one attached hydrogen (secondary N) is 1. The topological polar surface area (TPSA) is 111 Å². The quantitative estimate of drug-likeness (QED) is 0.0205. The van der Waals surface area contributed by atoms with Crippen molar-refractivity contribution in [2.75, 3.05) is 40.9 Å². The summed E-state index contributed by atoms with van der Waals surface area (Å²) in [6.07, 6.45) is 57.1. The normalized spacial score (nSPS) is 14.0. The number of phosphoric acid groups is 1. The number of esters is 1. The summed E-state index contributed by atoms with van der Waals surface area (Å²) in [4.78, 5) is 37.5. The molecule has 0 aromatic rings. The Morgan fingerprint density at radius 1 is 0.500 bits per heavy atom. The van der Waals surface area contributed by atoms with Crippen molar-refractivity contribution in [1.82, 2.24) is 5.32 Å². The van der Waals surface area contributed by atoms with E-state index in [1.807, 2.05) is 33.3 Å². The van der Waals surface area contributed by atoms with Gasteiger partial charge in [-0.05, 0) is 76.7 Å². The van der Waals surface area contributed by atoms with Gasteiger partial charge in [-0.15, -0.1) is 0 Å². The molecule has 0 heterocycles. The van der Waals surface area contributed by atoms with Gasteiger partial charge in [0.25, 0.3) is 0 Å². The van der Waals surface area contributed by atoms with Crippen molar-refractivity contribution in [2.24, 2.45) is 0 Å². The summed E-state index contributed by atoms with van der Waals surface area (Å²) in [5.41, 5.74) is 0. The van der Waals surface area contributed by atoms with Crippen molar-refractivity contribution in [2.45, 2.75) is 283 Å². The summed E-state index contributed by atoms with van der Waals surface area (Å²) in [5, 5.41) is 3.04. The van der Waals surface area contributed by atoms with Crippen LogP contribution in [-0.2, 0) is 27.9 Å². The summed E-state index contributed by atoms with van der Waals surface area (Å²) in [6, 6.07) is -0.849. The van der Waals surface area contributed by atoms with Gasteiger partial charge in [-0.3, -0.25) is 18.6 Å². The third-order valence-corrected chi connectivity index (χ3v) is 13.8. The zero-order chi connectivity index (χ0) is 50.1. The number of hydrogen-bond donors (Lipinski definition) is 2. The molecule has 0 aliphatic carbocycles. The highest BCUT2D eigenvalue weighted by Gasteiger charge is 2.30. The molecule has 3 atom stereocenters. The number of unbranched alkanes of at least 4 members (excludes halogenated alkanes) is 32. The molecule has 0 aromatic carbocycles. The van der Waals surface area contributed by atoms with Gasteiger partial charge in [-0.2, -0.15) is 0 Å². The average Bonchev–Trinajstić information content (AvgIpc) is 3.29. The molecule has 3 unspecified atom stereocenters. The number of nitrogens with zero attached hydrogens (tertiary/aromatic N) is 1. The zero-order valence-electron chi connectivity index (χ0n) is 45.6. The number of carbonyl (C=O) groups is 2. The van der Waals surface area contributed by atoms with Gasteiger partial charge in [0, 0.05) is 12.8 Å². The molecule has 0 spiro atoms. The van der Waals surface area contributed by atoms with E-state index in [-0.39, 0.29) is 31.5 Å². The van der Waals surface area contributed by atoms with Gasteiger partial charge in [0.1, 0.15) is 19.3 Å². The minimum Gasteiger partial charge on any atom is -0.456 e. The fourth-order valence-corrected chi connectivity index (χ4v) is 9.00. The monoisotopic (exact) mass is 980 g/mol. The molecule has 0 rings (SSSR count). The second-order valence-electron chi connectivity index (χ2n) is 20.8. The number of allylic oxidation sites excluding steroid dienone is 5. The van der Waals surface area contributed by atoms with E-state index in [0.717, 1.165) is 83.5 Å². The first-order valence-corrected chi connectivity index (χ1v) is 30.3. The Kier molecular flexibility index (Phi) is 47.6. The van der Waals surface area contributed by atoms with Gasteiger partial charge in [0.2, 0.25) is 5.91 Å². The van der Waals surface area contributed by atoms with Crippen LogP contribution < -0.4 is 5.32 Å². The molecular formula is C58H112N2O7P+. The summed E-state index contributed by atoms with van der Waals surface area (Å²) >= 11 is 0. The van der Waals surface area contributed by atoms with Gasteiger partial charge >= 0.3 is 13.8 Å². The number of ether oxygens (including phenoxy) is 1. The van der Waals surface area contributed by atoms with Crippen molar-refractivity contribution >= 4 is 19.7 Å². The number of hydrogen-bond acceptors (Lipinski definition) is 6. The zero-order valence-corrected chi connectivity index (χ0v) is 46.5. The molecular weight excluding hydrogens is 868 g/mol. The van der Waals surface area contributed by atoms with E-state index >= 15 is 0 Å². The lowest BCUT2D eigenvalue weighted by Crippen LogP contribution is -2.47. The predicted octanol–water partition coefficient (Wildman–Crippen LogP) is 17.2. The molecule has 1 amide bonds. The fourth-order valence-electron chi connectivity index (χ4n) is 8.27. The SMILES string of the molecule is CCCC/C=C\CCCCCCCC(=O)NC(COP(=O)(O)OCC[N+](C)(C)C)C(/C=C\CCCCCCCCCCCC)OC(=O)CCCCCCCCCCC/C=C/CCCCCCCC. The number of carbonyl (C=O) groups excluding carboxylic acids is 2. The van der Waals surface area contributed by atoms with Crippen LogP contribution in [0.1, 0.15) is 271 Å². The van der Waals surface area contributed by atoms with Crippen LogP contribution in [0, 0.1) is 0 Å². The molecule has 0 aliphatic rings. The van der Waals surface area contributed by atoms with Gasteiger partial charge in [-0.1, -0.05) is 218 Å². The number of quaternary nitrogens is 1. The number of rotatable bonds is 52. The van der Waals surface area contributed by atoms with Gasteiger partial charge in [0.15, 0.2) is 0 Å². The Labute approximate surface area is 421 Å². The van der Waals surface area contributed by atoms with Crippen molar-refractivity contribution in [1.29, 1.82) is 0 Å². The average molecular weight is 981 g/mol. The van der Waals surface area contributed by atoms with Crippen LogP contribution in [-0.4, -0.2) is 74.3 Å². The van der Waals surface area contributed by atoms with E-state index in [1.54, 1.807) is 0 Å². The lowest BCUT2D eigenvalue weighted by Gasteiger charge is -2.27. The maximum Gasteiger partial charge on any atom is 0.472 e.